The van der Waals surface area contributed by atoms with Gasteiger partial charge in [0.2, 0.25) is 0 Å². The lowest BCUT2D eigenvalue weighted by Gasteiger charge is -2.39. The Hall–Kier alpha value is 0.0569. The second-order valence-corrected chi connectivity index (χ2v) is 3.17. The lowest BCUT2D eigenvalue weighted by atomic mass is 10.5. The Bertz CT molecular complexity index is 136. The molecule has 0 aromatic carbocycles. The van der Waals surface area contributed by atoms with Crippen LogP contribution in [0.25, 0.3) is 0 Å². The molecule has 0 radical (unpaired) electrons. The fourth-order valence-corrected chi connectivity index (χ4v) is 1.94. The van der Waals surface area contributed by atoms with Crippen molar-refractivity contribution in [3.63, 3.8) is 0 Å². The number of rotatable bonds is 8. The molecule has 0 spiro atoms. The summed E-state index contributed by atoms with van der Waals surface area (Å²) < 4.78 is 16.6. The molecule has 0 aliphatic rings. The highest BCUT2D eigenvalue weighted by molar-refractivity contribution is 5.98. The second kappa shape index (κ2) is 7.36. The molecule has 86 valence electrons. The Morgan fingerprint density at radius 1 is 1.00 bits per heavy atom. The summed E-state index contributed by atoms with van der Waals surface area (Å²) in [4.78, 5) is 2.03. The molecule has 0 amide bonds. The maximum absolute atomic E-state index is 5.58. The van der Waals surface area contributed by atoms with Gasteiger partial charge < -0.3 is 13.9 Å². The summed E-state index contributed by atoms with van der Waals surface area (Å²) in [6.45, 7) is 10.9. The quantitative estimate of drug-likeness (QED) is 0.436. The highest BCUT2D eigenvalue weighted by Gasteiger charge is 2.36. The minimum absolute atomic E-state index is 0.582. The van der Waals surface area contributed by atoms with Crippen LogP contribution in [0.4, 0.5) is 0 Å². The van der Waals surface area contributed by atoms with Crippen LogP contribution in [0.5, 0.6) is 0 Å². The Morgan fingerprint density at radius 3 is 1.64 bits per heavy atom. The van der Waals surface area contributed by atoms with Crippen molar-refractivity contribution >= 4 is 10.5 Å². The molecule has 0 unspecified atom stereocenters. The first-order valence-electron chi connectivity index (χ1n) is 5.28. The van der Waals surface area contributed by atoms with Crippen LogP contribution >= 0.6 is 0 Å². The van der Waals surface area contributed by atoms with Crippen LogP contribution in [0, 0.1) is 0 Å². The third-order valence-electron chi connectivity index (χ3n) is 2.06. The molecule has 0 aromatic heterocycles. The van der Waals surface area contributed by atoms with Crippen LogP contribution in [0.3, 0.4) is 0 Å². The van der Waals surface area contributed by atoms with E-state index in [4.69, 9.17) is 13.9 Å². The van der Waals surface area contributed by atoms with Gasteiger partial charge in [-0.1, -0.05) is 13.8 Å². The molecule has 0 saturated carbocycles. The molecule has 0 bridgehead atoms. The zero-order chi connectivity index (χ0) is 11.0. The maximum atomic E-state index is 5.58. The van der Waals surface area contributed by atoms with Crippen molar-refractivity contribution in [1.29, 1.82) is 0 Å². The smallest absolute Gasteiger partial charge is 0.342 e. The van der Waals surface area contributed by atoms with Crippen LogP contribution in [-0.4, -0.2) is 47.8 Å². The maximum Gasteiger partial charge on any atom is 0.342 e. The van der Waals surface area contributed by atoms with E-state index in [0.717, 1.165) is 13.1 Å². The average Bonchev–Trinajstić information content (AvgIpc) is 2.20. The van der Waals surface area contributed by atoms with E-state index in [9.17, 15) is 0 Å². The summed E-state index contributed by atoms with van der Waals surface area (Å²) in [6, 6.07) is 0. The van der Waals surface area contributed by atoms with E-state index in [1.807, 2.05) is 18.7 Å². The monoisotopic (exact) mass is 221 g/mol. The normalized spacial score (nSPS) is 12.6. The number of nitrogens with zero attached hydrogens (tertiary/aromatic N) is 1. The van der Waals surface area contributed by atoms with E-state index in [1.165, 1.54) is 0 Å². The van der Waals surface area contributed by atoms with Crippen molar-refractivity contribution in [1.82, 2.24) is 4.90 Å². The Kier molecular flexibility index (Phi) is 7.39. The molecule has 0 fully saturated rings. The molecule has 0 heterocycles. The molecule has 14 heavy (non-hydrogen) atoms. The Morgan fingerprint density at radius 2 is 1.43 bits per heavy atom. The van der Waals surface area contributed by atoms with Gasteiger partial charge in [0.1, 0.15) is 0 Å². The van der Waals surface area contributed by atoms with Crippen LogP contribution < -0.4 is 0 Å². The van der Waals surface area contributed by atoms with Gasteiger partial charge in [0, 0.05) is 13.1 Å². The van der Waals surface area contributed by atoms with Crippen molar-refractivity contribution in [2.24, 2.45) is 0 Å². The van der Waals surface area contributed by atoms with Crippen LogP contribution in [0.1, 0.15) is 27.7 Å². The van der Waals surface area contributed by atoms with Gasteiger partial charge in [-0.25, -0.2) is 4.90 Å². The molecule has 0 aliphatic heterocycles. The molecular formula is C9H23NO3Si. The van der Waals surface area contributed by atoms with Crippen LogP contribution in [-0.2, 0) is 13.9 Å². The van der Waals surface area contributed by atoms with Gasteiger partial charge in [0.15, 0.2) is 10.5 Å². The van der Waals surface area contributed by atoms with Crippen molar-refractivity contribution in [3.05, 3.63) is 0 Å². The largest absolute Gasteiger partial charge is 0.367 e. The molecule has 0 N–H and O–H groups in total. The highest BCUT2D eigenvalue weighted by Crippen LogP contribution is 2.19. The Balaban J connectivity index is 4.59. The van der Waals surface area contributed by atoms with E-state index in [0.29, 0.717) is 23.7 Å². The topological polar surface area (TPSA) is 30.9 Å². The molecule has 5 heteroatoms. The summed E-state index contributed by atoms with van der Waals surface area (Å²) in [5.74, 6) is 0. The summed E-state index contributed by atoms with van der Waals surface area (Å²) in [5.41, 5.74) is 0. The van der Waals surface area contributed by atoms with Crippen molar-refractivity contribution in [2.45, 2.75) is 33.8 Å². The first-order valence-corrected chi connectivity index (χ1v) is 6.10. The molecule has 0 aliphatic carbocycles. The highest BCUT2D eigenvalue weighted by atomic mass is 28.2. The zero-order valence-electron chi connectivity index (χ0n) is 10.0. The first kappa shape index (κ1) is 14.1. The standard InChI is InChI=1S/C9H23NO3Si/c1-5-10(6-2)9(13-14,11-7-3)12-8-4/h5-8H2,1-4,14H3. The third-order valence-corrected chi connectivity index (χ3v) is 2.58. The van der Waals surface area contributed by atoms with Crippen molar-refractivity contribution in [2.75, 3.05) is 26.3 Å². The zero-order valence-corrected chi connectivity index (χ0v) is 12.0. The van der Waals surface area contributed by atoms with Gasteiger partial charge in [-0.05, 0) is 13.8 Å². The van der Waals surface area contributed by atoms with E-state index >= 15 is 0 Å². The fourth-order valence-electron chi connectivity index (χ4n) is 1.45. The summed E-state index contributed by atoms with van der Waals surface area (Å²) in [5, 5.41) is 0. The molecular weight excluding hydrogens is 198 g/mol. The number of ether oxygens (including phenoxy) is 2. The fraction of sp³-hybridized carbons (Fsp3) is 1.00. The van der Waals surface area contributed by atoms with Crippen LogP contribution in [0.2, 0.25) is 0 Å². The van der Waals surface area contributed by atoms with E-state index < -0.39 is 6.10 Å². The molecule has 4 nitrogen and oxygen atoms in total. The Labute approximate surface area is 90.1 Å². The van der Waals surface area contributed by atoms with Gasteiger partial charge in [-0.2, -0.15) is 0 Å². The van der Waals surface area contributed by atoms with E-state index in [1.54, 1.807) is 0 Å². The van der Waals surface area contributed by atoms with Gasteiger partial charge in [-0.15, -0.1) is 0 Å². The predicted octanol–water partition coefficient (Wildman–Crippen LogP) is 0.309. The average molecular weight is 221 g/mol. The minimum atomic E-state index is -0.945. The second-order valence-electron chi connectivity index (χ2n) is 2.77. The first-order chi connectivity index (χ1) is 6.70. The van der Waals surface area contributed by atoms with Gasteiger partial charge in [0.25, 0.3) is 0 Å². The van der Waals surface area contributed by atoms with Crippen LogP contribution in [0.15, 0.2) is 0 Å². The number of hydrogen-bond donors (Lipinski definition) is 0. The lowest BCUT2D eigenvalue weighted by molar-refractivity contribution is -0.412. The van der Waals surface area contributed by atoms with Crippen molar-refractivity contribution in [3.8, 4) is 0 Å². The van der Waals surface area contributed by atoms with Gasteiger partial charge >= 0.3 is 6.10 Å². The van der Waals surface area contributed by atoms with E-state index in [-0.39, 0.29) is 0 Å². The predicted molar refractivity (Wildman–Crippen MR) is 59.9 cm³/mol. The summed E-state index contributed by atoms with van der Waals surface area (Å²) in [6.07, 6.45) is -0.945. The van der Waals surface area contributed by atoms with Crippen molar-refractivity contribution < 1.29 is 13.9 Å². The molecule has 0 rings (SSSR count). The number of hydrogen-bond acceptors (Lipinski definition) is 4. The van der Waals surface area contributed by atoms with Gasteiger partial charge in [0.05, 0.1) is 13.2 Å². The molecule has 0 atom stereocenters. The SMILES string of the molecule is CCOC(O[SiH3])(OCC)N(CC)CC. The summed E-state index contributed by atoms with van der Waals surface area (Å²) in [7, 11) is 0.590. The molecule has 0 saturated heterocycles. The lowest BCUT2D eigenvalue weighted by Crippen LogP contribution is -2.54. The summed E-state index contributed by atoms with van der Waals surface area (Å²) >= 11 is 0. The third kappa shape index (κ3) is 3.32. The molecule has 0 aromatic rings. The van der Waals surface area contributed by atoms with E-state index in [2.05, 4.69) is 13.8 Å². The van der Waals surface area contributed by atoms with Gasteiger partial charge in [-0.3, -0.25) is 0 Å². The minimum Gasteiger partial charge on any atom is -0.367 e.